The Morgan fingerprint density at radius 2 is 1.93 bits per heavy atom. The number of benzene rings is 2. The van der Waals surface area contributed by atoms with E-state index in [9.17, 15) is 13.2 Å². The predicted octanol–water partition coefficient (Wildman–Crippen LogP) is 2.78. The molecule has 1 amide bonds. The zero-order chi connectivity index (χ0) is 21.0. The fraction of sp³-hybridized carbons (Fsp3) is 0.211. The summed E-state index contributed by atoms with van der Waals surface area (Å²) in [5.41, 5.74) is 1.81. The smallest absolute Gasteiger partial charge is 0.246 e. The topological polar surface area (TPSA) is 105 Å². The SMILES string of the molecule is Cc1ccc(Cl)cc1N(CC(=O)NCc1nc(-c2ccccc2)no1)S(C)(=O)=O. The van der Waals surface area contributed by atoms with Crippen LogP contribution in [0.1, 0.15) is 11.5 Å². The van der Waals surface area contributed by atoms with Gasteiger partial charge in [0.05, 0.1) is 18.5 Å². The van der Waals surface area contributed by atoms with E-state index in [1.54, 1.807) is 19.1 Å². The molecule has 3 rings (SSSR count). The minimum Gasteiger partial charge on any atom is -0.345 e. The third-order valence-corrected chi connectivity index (χ3v) is 5.43. The van der Waals surface area contributed by atoms with Crippen LogP contribution in [0, 0.1) is 6.92 Å². The molecule has 1 N–H and O–H groups in total. The average molecular weight is 435 g/mol. The first-order valence-electron chi connectivity index (χ1n) is 8.62. The molecule has 8 nitrogen and oxygen atoms in total. The molecule has 0 aliphatic carbocycles. The second kappa shape index (κ2) is 8.62. The van der Waals surface area contributed by atoms with Crippen molar-refractivity contribution in [2.75, 3.05) is 17.1 Å². The molecule has 0 spiro atoms. The number of hydrogen-bond donors (Lipinski definition) is 1. The van der Waals surface area contributed by atoms with Crippen molar-refractivity contribution in [3.8, 4) is 11.4 Å². The van der Waals surface area contributed by atoms with Gasteiger partial charge in [0, 0.05) is 10.6 Å². The van der Waals surface area contributed by atoms with Crippen molar-refractivity contribution in [2.24, 2.45) is 0 Å². The second-order valence-corrected chi connectivity index (χ2v) is 8.70. The number of carbonyl (C=O) groups is 1. The molecule has 0 aliphatic rings. The van der Waals surface area contributed by atoms with Crippen molar-refractivity contribution in [1.29, 1.82) is 0 Å². The molecule has 0 atom stereocenters. The Labute approximate surface area is 173 Å². The maximum Gasteiger partial charge on any atom is 0.246 e. The van der Waals surface area contributed by atoms with Crippen molar-refractivity contribution in [3.63, 3.8) is 0 Å². The Hall–Kier alpha value is -2.91. The molecule has 0 radical (unpaired) electrons. The number of aryl methyl sites for hydroxylation is 1. The van der Waals surface area contributed by atoms with Crippen LogP contribution >= 0.6 is 11.6 Å². The number of rotatable bonds is 7. The number of aromatic nitrogens is 2. The standard InChI is InChI=1S/C19H19ClN4O4S/c1-13-8-9-15(20)10-16(13)24(29(2,26)27)12-17(25)21-11-18-22-19(23-28-18)14-6-4-3-5-7-14/h3-10H,11-12H2,1-2H3,(H,21,25). The van der Waals surface area contributed by atoms with Crippen LogP contribution in [0.15, 0.2) is 53.1 Å². The molecule has 3 aromatic rings. The van der Waals surface area contributed by atoms with Crippen molar-refractivity contribution in [1.82, 2.24) is 15.5 Å². The average Bonchev–Trinajstić information content (AvgIpc) is 3.15. The molecule has 1 heterocycles. The Kier molecular flexibility index (Phi) is 6.19. The molecular weight excluding hydrogens is 416 g/mol. The van der Waals surface area contributed by atoms with Gasteiger partial charge in [-0.1, -0.05) is 53.2 Å². The summed E-state index contributed by atoms with van der Waals surface area (Å²) in [4.78, 5) is 16.6. The van der Waals surface area contributed by atoms with Gasteiger partial charge < -0.3 is 9.84 Å². The molecule has 152 valence electrons. The third-order valence-electron chi connectivity index (χ3n) is 4.06. The molecular formula is C19H19ClN4O4S. The molecule has 0 unspecified atom stereocenters. The van der Waals surface area contributed by atoms with Gasteiger partial charge in [-0.2, -0.15) is 4.98 Å². The quantitative estimate of drug-likeness (QED) is 0.613. The number of sulfonamides is 1. The van der Waals surface area contributed by atoms with E-state index in [1.165, 1.54) is 6.07 Å². The first-order valence-corrected chi connectivity index (χ1v) is 10.9. The first-order chi connectivity index (χ1) is 13.7. The Balaban J connectivity index is 1.68. The minimum atomic E-state index is -3.70. The van der Waals surface area contributed by atoms with Crippen LogP contribution in [0.2, 0.25) is 5.02 Å². The summed E-state index contributed by atoms with van der Waals surface area (Å²) in [5.74, 6) is 0.0958. The normalized spacial score (nSPS) is 11.3. The van der Waals surface area contributed by atoms with Crippen LogP contribution in [-0.4, -0.2) is 37.3 Å². The summed E-state index contributed by atoms with van der Waals surface area (Å²) in [5, 5.41) is 6.84. The first kappa shape index (κ1) is 20.8. The van der Waals surface area contributed by atoms with E-state index < -0.39 is 22.5 Å². The highest BCUT2D eigenvalue weighted by Crippen LogP contribution is 2.26. The van der Waals surface area contributed by atoms with Gasteiger partial charge >= 0.3 is 0 Å². The number of halogens is 1. The number of hydrogen-bond acceptors (Lipinski definition) is 6. The Morgan fingerprint density at radius 3 is 2.62 bits per heavy atom. The fourth-order valence-electron chi connectivity index (χ4n) is 2.62. The maximum absolute atomic E-state index is 12.4. The molecule has 10 heteroatoms. The van der Waals surface area contributed by atoms with Gasteiger partial charge in [-0.3, -0.25) is 9.10 Å². The lowest BCUT2D eigenvalue weighted by Gasteiger charge is -2.23. The van der Waals surface area contributed by atoms with Gasteiger partial charge in [-0.25, -0.2) is 8.42 Å². The van der Waals surface area contributed by atoms with Gasteiger partial charge in [0.2, 0.25) is 27.6 Å². The summed E-state index contributed by atoms with van der Waals surface area (Å²) in [6.07, 6.45) is 1.03. The summed E-state index contributed by atoms with van der Waals surface area (Å²) < 4.78 is 30.6. The number of nitrogens with zero attached hydrogens (tertiary/aromatic N) is 3. The Bertz CT molecular complexity index is 1120. The van der Waals surface area contributed by atoms with E-state index in [1.807, 2.05) is 30.3 Å². The lowest BCUT2D eigenvalue weighted by Crippen LogP contribution is -2.40. The molecule has 0 bridgehead atoms. The van der Waals surface area contributed by atoms with Crippen molar-refractivity contribution in [3.05, 3.63) is 65.0 Å². The van der Waals surface area contributed by atoms with Crippen LogP contribution < -0.4 is 9.62 Å². The summed E-state index contributed by atoms with van der Waals surface area (Å²) in [6.45, 7) is 1.32. The Morgan fingerprint density at radius 1 is 1.21 bits per heavy atom. The summed E-state index contributed by atoms with van der Waals surface area (Å²) in [6, 6.07) is 14.1. The van der Waals surface area contributed by atoms with E-state index in [2.05, 4.69) is 15.5 Å². The van der Waals surface area contributed by atoms with Gasteiger partial charge in [0.25, 0.3) is 0 Å². The molecule has 0 aliphatic heterocycles. The third kappa shape index (κ3) is 5.33. The van der Waals surface area contributed by atoms with Crippen molar-refractivity contribution in [2.45, 2.75) is 13.5 Å². The van der Waals surface area contributed by atoms with Crippen LogP contribution in [-0.2, 0) is 21.4 Å². The van der Waals surface area contributed by atoms with Gasteiger partial charge in [0.15, 0.2) is 0 Å². The van der Waals surface area contributed by atoms with E-state index >= 15 is 0 Å². The monoisotopic (exact) mass is 434 g/mol. The molecule has 1 aromatic heterocycles. The van der Waals surface area contributed by atoms with E-state index in [-0.39, 0.29) is 12.4 Å². The highest BCUT2D eigenvalue weighted by atomic mass is 35.5. The molecule has 0 saturated heterocycles. The van der Waals surface area contributed by atoms with Crippen molar-refractivity contribution < 1.29 is 17.7 Å². The van der Waals surface area contributed by atoms with Crippen LogP contribution in [0.3, 0.4) is 0 Å². The maximum atomic E-state index is 12.4. The lowest BCUT2D eigenvalue weighted by molar-refractivity contribution is -0.119. The lowest BCUT2D eigenvalue weighted by atomic mass is 10.2. The molecule has 2 aromatic carbocycles. The van der Waals surface area contributed by atoms with E-state index in [0.717, 1.165) is 16.1 Å². The molecule has 0 saturated carbocycles. The van der Waals surface area contributed by atoms with Crippen LogP contribution in [0.25, 0.3) is 11.4 Å². The summed E-state index contributed by atoms with van der Waals surface area (Å²) in [7, 11) is -3.70. The van der Waals surface area contributed by atoms with Crippen molar-refractivity contribution >= 4 is 33.2 Å². The van der Waals surface area contributed by atoms with Gasteiger partial charge in [0.1, 0.15) is 6.54 Å². The van der Waals surface area contributed by atoms with Gasteiger partial charge in [-0.05, 0) is 24.6 Å². The minimum absolute atomic E-state index is 0.0230. The molecule has 29 heavy (non-hydrogen) atoms. The van der Waals surface area contributed by atoms with Crippen LogP contribution in [0.5, 0.6) is 0 Å². The zero-order valence-electron chi connectivity index (χ0n) is 15.8. The number of nitrogens with one attached hydrogen (secondary N) is 1. The van der Waals surface area contributed by atoms with E-state index in [4.69, 9.17) is 16.1 Å². The predicted molar refractivity (Wildman–Crippen MR) is 110 cm³/mol. The number of anilines is 1. The highest BCUT2D eigenvalue weighted by molar-refractivity contribution is 7.92. The fourth-order valence-corrected chi connectivity index (χ4v) is 3.70. The second-order valence-electron chi connectivity index (χ2n) is 6.35. The summed E-state index contributed by atoms with van der Waals surface area (Å²) >= 11 is 5.99. The number of carbonyl (C=O) groups excluding carboxylic acids is 1. The van der Waals surface area contributed by atoms with Crippen LogP contribution in [0.4, 0.5) is 5.69 Å². The van der Waals surface area contributed by atoms with Gasteiger partial charge in [-0.15, -0.1) is 0 Å². The zero-order valence-corrected chi connectivity index (χ0v) is 17.4. The number of amides is 1. The molecule has 0 fully saturated rings. The van der Waals surface area contributed by atoms with E-state index in [0.29, 0.717) is 22.1 Å². The highest BCUT2D eigenvalue weighted by Gasteiger charge is 2.23. The largest absolute Gasteiger partial charge is 0.345 e.